The van der Waals surface area contributed by atoms with Crippen LogP contribution in [0, 0.1) is 0 Å². The maximum atomic E-state index is 14.1. The molecular formula is C41H35F6. The molecule has 6 heteroatoms. The van der Waals surface area contributed by atoms with Gasteiger partial charge in [0.15, 0.2) is 0 Å². The molecule has 4 aromatic carbocycles. The van der Waals surface area contributed by atoms with Crippen LogP contribution in [0.25, 0.3) is 51.6 Å². The van der Waals surface area contributed by atoms with Crippen molar-refractivity contribution in [2.24, 2.45) is 0 Å². The maximum absolute atomic E-state index is 14.1. The number of rotatable bonds is 3. The lowest BCUT2D eigenvalue weighted by Crippen LogP contribution is -2.32. The highest BCUT2D eigenvalue weighted by atomic mass is 19.4. The van der Waals surface area contributed by atoms with Crippen molar-refractivity contribution in [3.8, 4) is 33.4 Å². The van der Waals surface area contributed by atoms with Crippen LogP contribution in [0.4, 0.5) is 26.3 Å². The van der Waals surface area contributed by atoms with Crippen LogP contribution in [0.2, 0.25) is 0 Å². The molecule has 0 N–H and O–H groups in total. The third kappa shape index (κ3) is 5.77. The summed E-state index contributed by atoms with van der Waals surface area (Å²) in [6.07, 6.45) is 1.23. The number of benzene rings is 4. The standard InChI is InChI=1S/C41H35F6/c1-23-33(26-15-11-17-29(19-26)41(45,46)47)36-32(35(24-12-8-9-13-24)37(23)39(5,6)7)21-27-20-30(38(2,3)4)22-31(34(27)36)25-14-10-16-28(18-25)40(42,43)44/h8-12,14-20,22H,1,13H2,2-7H3. The molecule has 0 unspecified atom stereocenters. The van der Waals surface area contributed by atoms with Gasteiger partial charge in [0, 0.05) is 0 Å². The number of hydrogen-bond acceptors (Lipinski definition) is 0. The van der Waals surface area contributed by atoms with Crippen molar-refractivity contribution in [1.29, 1.82) is 0 Å². The third-order valence-electron chi connectivity index (χ3n) is 8.94. The number of hydrogen-bond donors (Lipinski definition) is 0. The first kappa shape index (κ1) is 32.6. The Hall–Kier alpha value is -4.32. The first-order valence-electron chi connectivity index (χ1n) is 15.5. The molecule has 0 amide bonds. The molecule has 0 atom stereocenters. The van der Waals surface area contributed by atoms with Crippen molar-refractivity contribution in [3.05, 3.63) is 123 Å². The molecule has 0 saturated heterocycles. The van der Waals surface area contributed by atoms with Gasteiger partial charge >= 0.3 is 12.4 Å². The van der Waals surface area contributed by atoms with Crippen LogP contribution in [-0.4, -0.2) is 0 Å². The summed E-state index contributed by atoms with van der Waals surface area (Å²) in [7, 11) is 0. The van der Waals surface area contributed by atoms with Crippen molar-refractivity contribution in [2.75, 3.05) is 0 Å². The van der Waals surface area contributed by atoms with E-state index in [0.29, 0.717) is 50.6 Å². The van der Waals surface area contributed by atoms with Gasteiger partial charge in [-0.2, -0.15) is 26.3 Å². The van der Waals surface area contributed by atoms with Gasteiger partial charge in [-0.15, -0.1) is 0 Å². The lowest BCUT2D eigenvalue weighted by molar-refractivity contribution is -0.138. The highest BCUT2D eigenvalue weighted by molar-refractivity contribution is 6.03. The fourth-order valence-electron chi connectivity index (χ4n) is 6.80. The van der Waals surface area contributed by atoms with E-state index in [1.54, 1.807) is 12.1 Å². The summed E-state index contributed by atoms with van der Waals surface area (Å²) < 4.78 is 84.2. The molecule has 0 fully saturated rings. The Bertz CT molecular complexity index is 2110. The molecule has 0 aliphatic heterocycles. The van der Waals surface area contributed by atoms with Gasteiger partial charge in [-0.3, -0.25) is 0 Å². The molecule has 6 rings (SSSR count). The van der Waals surface area contributed by atoms with E-state index in [-0.39, 0.29) is 5.41 Å². The normalized spacial score (nSPS) is 14.6. The largest absolute Gasteiger partial charge is 0.416 e. The van der Waals surface area contributed by atoms with Crippen LogP contribution in [-0.2, 0) is 23.2 Å². The minimum Gasteiger partial charge on any atom is -0.166 e. The molecule has 0 heterocycles. The number of fused-ring (bicyclic) bond motifs is 3. The van der Waals surface area contributed by atoms with Crippen LogP contribution in [0.15, 0.2) is 78.9 Å². The lowest BCUT2D eigenvalue weighted by Gasteiger charge is -2.29. The van der Waals surface area contributed by atoms with Crippen LogP contribution >= 0.6 is 0 Å². The Balaban J connectivity index is 1.83. The molecule has 4 aromatic rings. The minimum absolute atomic E-state index is 0.334. The molecule has 1 radical (unpaired) electrons. The third-order valence-corrected chi connectivity index (χ3v) is 8.94. The molecule has 0 aromatic heterocycles. The number of halogens is 6. The van der Waals surface area contributed by atoms with Gasteiger partial charge in [0.2, 0.25) is 0 Å². The molecule has 47 heavy (non-hydrogen) atoms. The van der Waals surface area contributed by atoms with E-state index in [1.807, 2.05) is 51.1 Å². The quantitative estimate of drug-likeness (QED) is 0.172. The second-order valence-corrected chi connectivity index (χ2v) is 14.4. The van der Waals surface area contributed by atoms with E-state index in [0.717, 1.165) is 51.7 Å². The van der Waals surface area contributed by atoms with Gasteiger partial charge in [-0.05, 0) is 131 Å². The highest BCUT2D eigenvalue weighted by Crippen LogP contribution is 2.46. The summed E-state index contributed by atoms with van der Waals surface area (Å²) in [5.41, 5.74) is 5.09. The Morgan fingerprint density at radius 2 is 1.23 bits per heavy atom. The highest BCUT2D eigenvalue weighted by Gasteiger charge is 2.35. The maximum Gasteiger partial charge on any atom is 0.416 e. The Morgan fingerprint density at radius 1 is 0.638 bits per heavy atom. The summed E-state index contributed by atoms with van der Waals surface area (Å²) in [5, 5.41) is 1.31. The summed E-state index contributed by atoms with van der Waals surface area (Å²) in [6.45, 7) is 16.8. The molecule has 2 aliphatic carbocycles. The van der Waals surface area contributed by atoms with Crippen LogP contribution in [0.1, 0.15) is 81.3 Å². The Morgan fingerprint density at radius 3 is 1.77 bits per heavy atom. The van der Waals surface area contributed by atoms with Gasteiger partial charge in [-0.25, -0.2) is 0 Å². The van der Waals surface area contributed by atoms with Crippen molar-refractivity contribution in [3.63, 3.8) is 0 Å². The zero-order chi connectivity index (χ0) is 34.3. The van der Waals surface area contributed by atoms with Crippen molar-refractivity contribution in [2.45, 2.75) is 71.1 Å². The second-order valence-electron chi connectivity index (χ2n) is 14.4. The van der Waals surface area contributed by atoms with Gasteiger partial charge in [-0.1, -0.05) is 90.6 Å². The lowest BCUT2D eigenvalue weighted by atomic mass is 9.75. The fraction of sp³-hybridized carbons (Fsp3) is 0.268. The van der Waals surface area contributed by atoms with Crippen molar-refractivity contribution in [1.82, 2.24) is 0 Å². The second kappa shape index (κ2) is 10.9. The molecular weight excluding hydrogens is 606 g/mol. The van der Waals surface area contributed by atoms with Crippen molar-refractivity contribution >= 4 is 18.2 Å². The average Bonchev–Trinajstić information content (AvgIpc) is 3.63. The van der Waals surface area contributed by atoms with E-state index in [2.05, 4.69) is 33.4 Å². The van der Waals surface area contributed by atoms with Gasteiger partial charge in [0.1, 0.15) is 0 Å². The first-order chi connectivity index (χ1) is 21.8. The summed E-state index contributed by atoms with van der Waals surface area (Å²) in [6, 6.07) is 14.4. The predicted octanol–water partition coefficient (Wildman–Crippen LogP) is 11.1. The summed E-state index contributed by atoms with van der Waals surface area (Å²) in [5.74, 6) is 0. The molecule has 2 aliphatic rings. The SMILES string of the molecule is C=c1c(-c2cccc(C(F)(F)F)c2)c2c(c(C3=CC=CC3)c1C(C)(C)C)=[C]c1cc(C(C)(C)C)cc(-c3cccc(C(F)(F)F)c3)c1-2. The van der Waals surface area contributed by atoms with E-state index in [1.165, 1.54) is 12.1 Å². The summed E-state index contributed by atoms with van der Waals surface area (Å²) >= 11 is 0. The predicted molar refractivity (Wildman–Crippen MR) is 179 cm³/mol. The average molecular weight is 642 g/mol. The van der Waals surface area contributed by atoms with E-state index in [4.69, 9.17) is 0 Å². The van der Waals surface area contributed by atoms with E-state index < -0.39 is 28.9 Å². The topological polar surface area (TPSA) is 0 Å². The monoisotopic (exact) mass is 641 g/mol. The van der Waals surface area contributed by atoms with Gasteiger partial charge in [0.05, 0.1) is 11.1 Å². The molecule has 241 valence electrons. The van der Waals surface area contributed by atoms with Gasteiger partial charge < -0.3 is 0 Å². The molecule has 0 saturated carbocycles. The molecule has 0 nitrogen and oxygen atoms in total. The molecule has 0 bridgehead atoms. The smallest absolute Gasteiger partial charge is 0.166 e. The van der Waals surface area contributed by atoms with E-state index >= 15 is 0 Å². The number of alkyl halides is 6. The minimum atomic E-state index is -4.57. The van der Waals surface area contributed by atoms with Gasteiger partial charge in [0.25, 0.3) is 0 Å². The van der Waals surface area contributed by atoms with E-state index in [9.17, 15) is 26.3 Å². The van der Waals surface area contributed by atoms with Crippen LogP contribution in [0.3, 0.4) is 0 Å². The Labute approximate surface area is 271 Å². The summed E-state index contributed by atoms with van der Waals surface area (Å²) in [4.78, 5) is 0. The number of allylic oxidation sites excluding steroid dienone is 4. The molecule has 0 spiro atoms. The Kier molecular flexibility index (Phi) is 7.54. The van der Waals surface area contributed by atoms with Crippen LogP contribution < -0.4 is 10.4 Å². The fourth-order valence-corrected chi connectivity index (χ4v) is 6.80. The van der Waals surface area contributed by atoms with Crippen molar-refractivity contribution < 1.29 is 26.3 Å². The van der Waals surface area contributed by atoms with Crippen LogP contribution in [0.5, 0.6) is 0 Å². The zero-order valence-corrected chi connectivity index (χ0v) is 27.2. The first-order valence-corrected chi connectivity index (χ1v) is 15.5. The zero-order valence-electron chi connectivity index (χ0n) is 27.2.